The Morgan fingerprint density at radius 1 is 1.03 bits per heavy atom. The second kappa shape index (κ2) is 8.48. The first-order valence-electron chi connectivity index (χ1n) is 9.35. The van der Waals surface area contributed by atoms with E-state index in [1.807, 2.05) is 13.0 Å². The molecular weight excluding hydrogens is 392 g/mol. The molecule has 3 rings (SSSR count). The van der Waals surface area contributed by atoms with Gasteiger partial charge in [-0.25, -0.2) is 0 Å². The van der Waals surface area contributed by atoms with Crippen molar-refractivity contribution in [3.8, 4) is 23.0 Å². The number of fused-ring (bicyclic) bond motifs is 1. The highest BCUT2D eigenvalue weighted by atomic mass is 16.6. The van der Waals surface area contributed by atoms with Gasteiger partial charge in [-0.1, -0.05) is 6.07 Å². The largest absolute Gasteiger partial charge is 0.495 e. The molecule has 1 heterocycles. The highest BCUT2D eigenvalue weighted by molar-refractivity contribution is 6.11. The standard InChI is InChI=1S/C21H24N2O7/c1-12-8-9-15(27-2)17-13(12)7-6-10-22(17)21(24)14-11-16(28-3)19(29-4)20(30-5)18(14)23(25)26/h8-9,11H,6-7,10H2,1-5H3. The van der Waals surface area contributed by atoms with Crippen LogP contribution < -0.4 is 23.8 Å². The topological polar surface area (TPSA) is 100 Å². The Kier molecular flexibility index (Phi) is 6.00. The van der Waals surface area contributed by atoms with Crippen molar-refractivity contribution in [3.05, 3.63) is 45.0 Å². The van der Waals surface area contributed by atoms with Crippen LogP contribution in [0.3, 0.4) is 0 Å². The highest BCUT2D eigenvalue weighted by Crippen LogP contribution is 2.47. The molecule has 0 N–H and O–H groups in total. The number of nitro benzene ring substituents is 1. The number of methoxy groups -OCH3 is 4. The Morgan fingerprint density at radius 3 is 2.27 bits per heavy atom. The zero-order valence-corrected chi connectivity index (χ0v) is 17.6. The number of hydrogen-bond donors (Lipinski definition) is 0. The van der Waals surface area contributed by atoms with Crippen LogP contribution in [-0.2, 0) is 6.42 Å². The van der Waals surface area contributed by atoms with Crippen molar-refractivity contribution in [3.63, 3.8) is 0 Å². The van der Waals surface area contributed by atoms with Crippen molar-refractivity contribution in [2.24, 2.45) is 0 Å². The molecule has 9 nitrogen and oxygen atoms in total. The first kappa shape index (κ1) is 21.2. The Balaban J connectivity index is 2.25. The molecule has 160 valence electrons. The van der Waals surface area contributed by atoms with Crippen LogP contribution in [0.4, 0.5) is 11.4 Å². The zero-order valence-electron chi connectivity index (χ0n) is 17.6. The monoisotopic (exact) mass is 416 g/mol. The summed E-state index contributed by atoms with van der Waals surface area (Å²) in [6.45, 7) is 2.37. The predicted octanol–water partition coefficient (Wildman–Crippen LogP) is 3.53. The third kappa shape index (κ3) is 3.36. The number of nitrogens with zero attached hydrogens (tertiary/aromatic N) is 2. The van der Waals surface area contributed by atoms with Crippen molar-refractivity contribution in [2.75, 3.05) is 39.9 Å². The predicted molar refractivity (Wildman–Crippen MR) is 110 cm³/mol. The Morgan fingerprint density at radius 2 is 1.70 bits per heavy atom. The molecule has 2 aromatic carbocycles. The number of ether oxygens (including phenoxy) is 4. The molecule has 0 unspecified atom stereocenters. The Labute approximate surface area is 174 Å². The summed E-state index contributed by atoms with van der Waals surface area (Å²) in [7, 11) is 5.55. The van der Waals surface area contributed by atoms with Crippen molar-refractivity contribution in [1.29, 1.82) is 0 Å². The lowest BCUT2D eigenvalue weighted by Gasteiger charge is -2.32. The second-order valence-electron chi connectivity index (χ2n) is 6.77. The normalized spacial score (nSPS) is 12.8. The first-order valence-corrected chi connectivity index (χ1v) is 9.35. The second-order valence-corrected chi connectivity index (χ2v) is 6.77. The summed E-state index contributed by atoms with van der Waals surface area (Å²) in [6.07, 6.45) is 1.52. The van der Waals surface area contributed by atoms with Crippen LogP contribution in [0.2, 0.25) is 0 Å². The zero-order chi connectivity index (χ0) is 22.0. The fourth-order valence-electron chi connectivity index (χ4n) is 3.85. The average Bonchev–Trinajstić information content (AvgIpc) is 2.76. The number of nitro groups is 1. The van der Waals surface area contributed by atoms with Gasteiger partial charge in [0.1, 0.15) is 11.3 Å². The van der Waals surface area contributed by atoms with Crippen molar-refractivity contribution in [2.45, 2.75) is 19.8 Å². The van der Waals surface area contributed by atoms with E-state index in [1.165, 1.54) is 39.4 Å². The molecule has 0 radical (unpaired) electrons. The van der Waals surface area contributed by atoms with Gasteiger partial charge in [0, 0.05) is 12.6 Å². The van der Waals surface area contributed by atoms with Crippen LogP contribution in [0.15, 0.2) is 18.2 Å². The van der Waals surface area contributed by atoms with Gasteiger partial charge in [0.05, 0.1) is 39.0 Å². The Bertz CT molecular complexity index is 1000. The minimum Gasteiger partial charge on any atom is -0.495 e. The van der Waals surface area contributed by atoms with E-state index in [4.69, 9.17) is 18.9 Å². The lowest BCUT2D eigenvalue weighted by molar-refractivity contribution is -0.386. The van der Waals surface area contributed by atoms with E-state index in [-0.39, 0.29) is 22.8 Å². The minimum absolute atomic E-state index is 0.0516. The number of rotatable bonds is 6. The van der Waals surface area contributed by atoms with Gasteiger partial charge in [0.25, 0.3) is 5.91 Å². The van der Waals surface area contributed by atoms with E-state index in [2.05, 4.69) is 0 Å². The summed E-state index contributed by atoms with van der Waals surface area (Å²) in [5.74, 6) is 0.0515. The summed E-state index contributed by atoms with van der Waals surface area (Å²) < 4.78 is 21.3. The van der Waals surface area contributed by atoms with Crippen LogP contribution in [0.5, 0.6) is 23.0 Å². The van der Waals surface area contributed by atoms with Gasteiger partial charge < -0.3 is 23.8 Å². The fourth-order valence-corrected chi connectivity index (χ4v) is 3.85. The van der Waals surface area contributed by atoms with E-state index in [1.54, 1.807) is 6.07 Å². The molecule has 2 aromatic rings. The van der Waals surface area contributed by atoms with Crippen LogP contribution in [0, 0.1) is 17.0 Å². The third-order valence-corrected chi connectivity index (χ3v) is 5.24. The summed E-state index contributed by atoms with van der Waals surface area (Å²) in [5.41, 5.74) is 2.04. The number of hydrogen-bond acceptors (Lipinski definition) is 7. The van der Waals surface area contributed by atoms with E-state index in [0.29, 0.717) is 18.0 Å². The van der Waals surface area contributed by atoms with E-state index >= 15 is 0 Å². The SMILES string of the molecule is COc1cc(C(=O)N2CCCc3c(C)ccc(OC)c32)c([N+](=O)[O-])c(OC)c1OC. The molecule has 0 saturated heterocycles. The summed E-state index contributed by atoms with van der Waals surface area (Å²) in [4.78, 5) is 26.4. The van der Waals surface area contributed by atoms with Gasteiger partial charge in [-0.05, 0) is 37.0 Å². The summed E-state index contributed by atoms with van der Waals surface area (Å²) >= 11 is 0. The molecule has 0 aliphatic carbocycles. The van der Waals surface area contributed by atoms with Gasteiger partial charge in [-0.3, -0.25) is 14.9 Å². The maximum absolute atomic E-state index is 13.6. The van der Waals surface area contributed by atoms with Crippen LogP contribution in [0.1, 0.15) is 27.9 Å². The van der Waals surface area contributed by atoms with Crippen LogP contribution >= 0.6 is 0 Å². The molecule has 9 heteroatoms. The van der Waals surface area contributed by atoms with Crippen LogP contribution in [-0.4, -0.2) is 45.8 Å². The molecular formula is C21H24N2O7. The molecule has 1 aliphatic heterocycles. The number of anilines is 1. The lowest BCUT2D eigenvalue weighted by Crippen LogP contribution is -2.36. The van der Waals surface area contributed by atoms with Crippen molar-refractivity contribution < 1.29 is 28.7 Å². The number of amides is 1. The van der Waals surface area contributed by atoms with E-state index < -0.39 is 16.5 Å². The quantitative estimate of drug-likeness (QED) is 0.524. The summed E-state index contributed by atoms with van der Waals surface area (Å²) in [6, 6.07) is 5.05. The van der Waals surface area contributed by atoms with Crippen molar-refractivity contribution in [1.82, 2.24) is 0 Å². The maximum atomic E-state index is 13.6. The smallest absolute Gasteiger partial charge is 0.327 e. The first-order chi connectivity index (χ1) is 14.4. The molecule has 1 amide bonds. The minimum atomic E-state index is -0.646. The number of carbonyl (C=O) groups excluding carboxylic acids is 1. The molecule has 0 bridgehead atoms. The number of carbonyl (C=O) groups is 1. The fraction of sp³-hybridized carbons (Fsp3) is 0.381. The van der Waals surface area contributed by atoms with Gasteiger partial charge in [-0.15, -0.1) is 0 Å². The molecule has 0 atom stereocenters. The van der Waals surface area contributed by atoms with Gasteiger partial charge in [0.2, 0.25) is 11.5 Å². The molecule has 0 aromatic heterocycles. The average molecular weight is 416 g/mol. The molecule has 0 saturated carbocycles. The molecule has 30 heavy (non-hydrogen) atoms. The van der Waals surface area contributed by atoms with Crippen LogP contribution in [0.25, 0.3) is 0 Å². The van der Waals surface area contributed by atoms with E-state index in [0.717, 1.165) is 24.0 Å². The Hall–Kier alpha value is -3.49. The number of benzene rings is 2. The third-order valence-electron chi connectivity index (χ3n) is 5.24. The molecule has 1 aliphatic rings. The molecule has 0 fully saturated rings. The van der Waals surface area contributed by atoms with Crippen molar-refractivity contribution >= 4 is 17.3 Å². The van der Waals surface area contributed by atoms with E-state index in [9.17, 15) is 14.9 Å². The highest BCUT2D eigenvalue weighted by Gasteiger charge is 2.37. The lowest BCUT2D eigenvalue weighted by atomic mass is 9.95. The molecule has 0 spiro atoms. The van der Waals surface area contributed by atoms with Gasteiger partial charge in [0.15, 0.2) is 5.75 Å². The van der Waals surface area contributed by atoms with Gasteiger partial charge in [-0.2, -0.15) is 0 Å². The summed E-state index contributed by atoms with van der Waals surface area (Å²) in [5, 5.41) is 11.9. The van der Waals surface area contributed by atoms with Gasteiger partial charge >= 0.3 is 5.69 Å². The maximum Gasteiger partial charge on any atom is 0.327 e. The number of aryl methyl sites for hydroxylation is 1.